The van der Waals surface area contributed by atoms with E-state index in [0.29, 0.717) is 30.9 Å². The van der Waals surface area contributed by atoms with Crippen molar-refractivity contribution >= 4 is 33.1 Å². The van der Waals surface area contributed by atoms with Gasteiger partial charge in [-0.3, -0.25) is 9.69 Å². The first-order valence-electron chi connectivity index (χ1n) is 14.1. The smallest absolute Gasteiger partial charge is 0.298 e. The first-order valence-corrected chi connectivity index (χ1v) is 15.9. The maximum Gasteiger partial charge on any atom is 0.298 e. The summed E-state index contributed by atoms with van der Waals surface area (Å²) in [6.45, 7) is 10.2. The molecule has 40 heavy (non-hydrogen) atoms. The summed E-state index contributed by atoms with van der Waals surface area (Å²) in [7, 11) is -3.00. The molecule has 212 valence electrons. The van der Waals surface area contributed by atoms with Gasteiger partial charge in [0.2, 0.25) is 0 Å². The molecule has 0 aliphatic carbocycles. The summed E-state index contributed by atoms with van der Waals surface area (Å²) in [5.74, 6) is 8.21. The van der Waals surface area contributed by atoms with E-state index in [1.54, 1.807) is 13.3 Å². The van der Waals surface area contributed by atoms with Gasteiger partial charge < -0.3 is 19.9 Å². The number of carbonyl (C=O) groups excluding carboxylic acids is 1. The van der Waals surface area contributed by atoms with Crippen molar-refractivity contribution in [3.63, 3.8) is 0 Å². The van der Waals surface area contributed by atoms with E-state index >= 15 is 0 Å². The van der Waals surface area contributed by atoms with E-state index in [-0.39, 0.29) is 23.5 Å². The molecule has 1 aromatic heterocycles. The molecule has 5 heterocycles. The Bertz CT molecular complexity index is 1470. The highest BCUT2D eigenvalue weighted by Crippen LogP contribution is 2.45. The second-order valence-electron chi connectivity index (χ2n) is 11.2. The van der Waals surface area contributed by atoms with Crippen LogP contribution in [0.25, 0.3) is 0 Å². The minimum atomic E-state index is -3.00. The number of nitrogens with one attached hydrogen (secondary N) is 1. The van der Waals surface area contributed by atoms with Gasteiger partial charge in [-0.1, -0.05) is 12.0 Å². The van der Waals surface area contributed by atoms with Gasteiger partial charge in [0.25, 0.3) is 5.91 Å². The molecule has 6 rings (SSSR count). The molecule has 3 fully saturated rings. The number of hydrogen-bond donors (Lipinski definition) is 1. The number of anilines is 3. The normalized spacial score (nSPS) is 22.9. The highest BCUT2D eigenvalue weighted by atomic mass is 32.2. The van der Waals surface area contributed by atoms with Crippen LogP contribution in [-0.4, -0.2) is 90.9 Å². The lowest BCUT2D eigenvalue weighted by molar-refractivity contribution is -0.132. The predicted molar refractivity (Wildman–Crippen MR) is 154 cm³/mol. The van der Waals surface area contributed by atoms with Crippen molar-refractivity contribution in [1.82, 2.24) is 19.8 Å². The number of fused-ring (bicyclic) bond motifs is 2. The number of benzene rings is 1. The Morgan fingerprint density at radius 2 is 1.82 bits per heavy atom. The highest BCUT2D eigenvalue weighted by Gasteiger charge is 2.37. The van der Waals surface area contributed by atoms with Crippen molar-refractivity contribution in [3.05, 3.63) is 35.2 Å². The van der Waals surface area contributed by atoms with Crippen molar-refractivity contribution in [2.24, 2.45) is 0 Å². The maximum atomic E-state index is 12.0. The average Bonchev–Trinajstić information content (AvgIpc) is 3.04. The molecular weight excluding hydrogens is 528 g/mol. The second-order valence-corrected chi connectivity index (χ2v) is 13.6. The zero-order valence-corrected chi connectivity index (χ0v) is 24.1. The summed E-state index contributed by atoms with van der Waals surface area (Å²) in [6, 6.07) is 4.88. The number of hydrogen-bond acceptors (Lipinski definition) is 9. The average molecular weight is 565 g/mol. The van der Waals surface area contributed by atoms with Gasteiger partial charge in [0.1, 0.15) is 29.8 Å². The molecule has 1 atom stereocenters. The maximum absolute atomic E-state index is 12.0. The summed E-state index contributed by atoms with van der Waals surface area (Å²) in [5.41, 5.74) is 4.12. The van der Waals surface area contributed by atoms with E-state index in [9.17, 15) is 13.2 Å². The topological polar surface area (TPSA) is 108 Å². The van der Waals surface area contributed by atoms with Crippen molar-refractivity contribution in [2.45, 2.75) is 51.7 Å². The summed E-state index contributed by atoms with van der Waals surface area (Å²) >= 11 is 0. The van der Waals surface area contributed by atoms with Crippen molar-refractivity contribution in [3.8, 4) is 17.6 Å². The van der Waals surface area contributed by atoms with Gasteiger partial charge >= 0.3 is 0 Å². The number of ether oxygens (including phenoxy) is 1. The van der Waals surface area contributed by atoms with Crippen LogP contribution in [0.2, 0.25) is 0 Å². The predicted octanol–water partition coefficient (Wildman–Crippen LogP) is 2.63. The van der Waals surface area contributed by atoms with Gasteiger partial charge in [0.15, 0.2) is 9.84 Å². The number of sulfone groups is 1. The Hall–Kier alpha value is -3.36. The summed E-state index contributed by atoms with van der Waals surface area (Å²) in [5, 5.41) is 3.54. The Morgan fingerprint density at radius 3 is 2.52 bits per heavy atom. The van der Waals surface area contributed by atoms with E-state index in [2.05, 4.69) is 51.1 Å². The van der Waals surface area contributed by atoms with Crippen LogP contribution in [0, 0.1) is 18.8 Å². The van der Waals surface area contributed by atoms with E-state index in [1.807, 2.05) is 16.7 Å². The molecule has 0 bridgehead atoms. The molecule has 10 nitrogen and oxygen atoms in total. The lowest BCUT2D eigenvalue weighted by Gasteiger charge is -2.47. The molecule has 0 saturated carbocycles. The van der Waals surface area contributed by atoms with Crippen LogP contribution in [0.5, 0.6) is 5.75 Å². The summed E-state index contributed by atoms with van der Waals surface area (Å²) in [4.78, 5) is 27.5. The van der Waals surface area contributed by atoms with Crippen LogP contribution in [0.4, 0.5) is 17.3 Å². The standard InChI is InChI=1S/C29H36N6O4S/c1-4-5-25(36)35-16-23(17-35)33-8-6-21(7-9-33)22-14-19(2)27-24(15-22)32-28-26(20(3)39-27)29(31-18-30-28)34-10-12-40(37,38)13-11-34/h14-15,18,20-21,23H,6-13,16-17H2,1-3H3,(H,30,31,32)/t20-/m0/s1. The molecule has 0 spiro atoms. The SMILES string of the molecule is CC#CC(=O)N1CC(N2CCC(c3cc(C)c4c(c3)Nc3ncnc(N5CCS(=O)(=O)CC5)c3[C@H](C)O4)CC2)C1. The molecule has 4 aliphatic heterocycles. The minimum absolute atomic E-state index is 0.0686. The number of nitrogens with zero attached hydrogens (tertiary/aromatic N) is 5. The third kappa shape index (κ3) is 5.10. The molecule has 1 amide bonds. The Labute approximate surface area is 236 Å². The number of carbonyl (C=O) groups is 1. The molecule has 2 aromatic rings. The Balaban J connectivity index is 1.17. The molecular formula is C29H36N6O4S. The fourth-order valence-corrected chi connectivity index (χ4v) is 7.52. The van der Waals surface area contributed by atoms with E-state index in [4.69, 9.17) is 4.74 Å². The fraction of sp³-hybridized carbons (Fsp3) is 0.552. The summed E-state index contributed by atoms with van der Waals surface area (Å²) < 4.78 is 30.5. The number of amides is 1. The van der Waals surface area contributed by atoms with Crippen LogP contribution in [0.15, 0.2) is 18.5 Å². The van der Waals surface area contributed by atoms with Crippen LogP contribution >= 0.6 is 0 Å². The van der Waals surface area contributed by atoms with E-state index in [1.165, 1.54) is 5.56 Å². The van der Waals surface area contributed by atoms with Gasteiger partial charge in [-0.15, -0.1) is 0 Å². The lowest BCUT2D eigenvalue weighted by atomic mass is 9.87. The van der Waals surface area contributed by atoms with Crippen molar-refractivity contribution in [1.29, 1.82) is 0 Å². The molecule has 4 aliphatic rings. The minimum Gasteiger partial charge on any atom is -0.483 e. The highest BCUT2D eigenvalue weighted by molar-refractivity contribution is 7.91. The third-order valence-electron chi connectivity index (χ3n) is 8.66. The lowest BCUT2D eigenvalue weighted by Crippen LogP contribution is -2.61. The van der Waals surface area contributed by atoms with Gasteiger partial charge in [0.05, 0.1) is 22.8 Å². The number of piperidine rings is 1. The largest absolute Gasteiger partial charge is 0.483 e. The summed E-state index contributed by atoms with van der Waals surface area (Å²) in [6.07, 6.45) is 3.37. The Morgan fingerprint density at radius 1 is 1.10 bits per heavy atom. The molecule has 11 heteroatoms. The van der Waals surface area contributed by atoms with E-state index < -0.39 is 9.84 Å². The number of aryl methyl sites for hydroxylation is 1. The van der Waals surface area contributed by atoms with Gasteiger partial charge in [-0.2, -0.15) is 0 Å². The number of rotatable bonds is 3. The second kappa shape index (κ2) is 10.6. The fourth-order valence-electron chi connectivity index (χ4n) is 6.32. The number of aromatic nitrogens is 2. The molecule has 1 N–H and O–H groups in total. The van der Waals surface area contributed by atoms with Crippen LogP contribution in [0.1, 0.15) is 55.4 Å². The molecule has 1 aromatic carbocycles. The van der Waals surface area contributed by atoms with Crippen LogP contribution in [0.3, 0.4) is 0 Å². The monoisotopic (exact) mass is 564 g/mol. The van der Waals surface area contributed by atoms with E-state index in [0.717, 1.165) is 67.4 Å². The first kappa shape index (κ1) is 26.8. The zero-order chi connectivity index (χ0) is 28.0. The molecule has 3 saturated heterocycles. The molecule has 0 unspecified atom stereocenters. The van der Waals surface area contributed by atoms with Gasteiger partial charge in [-0.05, 0) is 75.7 Å². The van der Waals surface area contributed by atoms with Gasteiger partial charge in [-0.25, -0.2) is 18.4 Å². The quantitative estimate of drug-likeness (QED) is 0.563. The first-order chi connectivity index (χ1) is 19.2. The Kier molecular flexibility index (Phi) is 7.09. The van der Waals surface area contributed by atoms with Crippen molar-refractivity contribution < 1.29 is 17.9 Å². The van der Waals surface area contributed by atoms with Crippen molar-refractivity contribution in [2.75, 3.05) is 61.0 Å². The third-order valence-corrected chi connectivity index (χ3v) is 10.3. The van der Waals surface area contributed by atoms with Crippen LogP contribution < -0.4 is 15.0 Å². The molecule has 0 radical (unpaired) electrons. The van der Waals surface area contributed by atoms with Gasteiger partial charge in [0, 0.05) is 32.2 Å². The van der Waals surface area contributed by atoms with Crippen LogP contribution in [-0.2, 0) is 14.6 Å². The number of likely N-dealkylation sites (tertiary alicyclic amines) is 2. The zero-order valence-electron chi connectivity index (χ0n) is 23.3.